The zero-order chi connectivity index (χ0) is 24.0. The van der Waals surface area contributed by atoms with Crippen LogP contribution in [0.1, 0.15) is 23.1 Å². The van der Waals surface area contributed by atoms with Crippen LogP contribution in [0.25, 0.3) is 27.5 Å². The van der Waals surface area contributed by atoms with Crippen LogP contribution >= 0.6 is 0 Å². The molecule has 6 nitrogen and oxygen atoms in total. The summed E-state index contributed by atoms with van der Waals surface area (Å²) in [5, 5.41) is 11.1. The topological polar surface area (TPSA) is 64.7 Å². The first-order chi connectivity index (χ1) is 16.3. The molecule has 0 unspecified atom stereocenters. The van der Waals surface area contributed by atoms with Crippen molar-refractivity contribution in [1.82, 2.24) is 19.6 Å². The Balaban J connectivity index is 1.56. The van der Waals surface area contributed by atoms with Crippen LogP contribution in [-0.2, 0) is 12.7 Å². The zero-order valence-corrected chi connectivity index (χ0v) is 17.8. The fourth-order valence-electron chi connectivity index (χ4n) is 4.14. The Morgan fingerprint density at radius 3 is 2.41 bits per heavy atom. The van der Waals surface area contributed by atoms with E-state index in [1.54, 1.807) is 18.2 Å². The Hall–Kier alpha value is -4.21. The van der Waals surface area contributed by atoms with E-state index in [0.717, 1.165) is 40.5 Å². The fourth-order valence-corrected chi connectivity index (χ4v) is 4.14. The van der Waals surface area contributed by atoms with Gasteiger partial charge in [-0.25, -0.2) is 9.07 Å². The lowest BCUT2D eigenvalue weighted by molar-refractivity contribution is -0.143. The molecule has 34 heavy (non-hydrogen) atoms. The lowest BCUT2D eigenvalue weighted by Gasteiger charge is -2.12. The molecule has 0 bridgehead atoms. The van der Waals surface area contributed by atoms with Gasteiger partial charge >= 0.3 is 6.18 Å². The summed E-state index contributed by atoms with van der Waals surface area (Å²) in [6, 6.07) is 17.7. The molecule has 0 saturated carbocycles. The number of nitrogens with zero attached hydrogens (tertiary/aromatic N) is 4. The summed E-state index contributed by atoms with van der Waals surface area (Å²) >= 11 is 0. The number of aromatic nitrogens is 4. The number of halogens is 4. The van der Waals surface area contributed by atoms with Gasteiger partial charge in [0.15, 0.2) is 11.4 Å². The third kappa shape index (κ3) is 3.47. The molecule has 10 heteroatoms. The fraction of sp³-hybridized carbons (Fsp3) is 0.125. The molecule has 172 valence electrons. The number of aryl methyl sites for hydroxylation is 1. The smallest absolute Gasteiger partial charge is 0.341 e. The number of anilines is 1. The largest absolute Gasteiger partial charge is 0.435 e. The summed E-state index contributed by atoms with van der Waals surface area (Å²) in [6.07, 6.45) is -5.00. The third-order valence-electron chi connectivity index (χ3n) is 5.58. The normalized spacial score (nSPS) is 11.9. The number of para-hydroxylation sites is 2. The van der Waals surface area contributed by atoms with Crippen LogP contribution in [0.2, 0.25) is 0 Å². The second-order valence-electron chi connectivity index (χ2n) is 7.60. The molecule has 0 atom stereocenters. The van der Waals surface area contributed by atoms with Gasteiger partial charge in [-0.05, 0) is 43.3 Å². The van der Waals surface area contributed by atoms with Crippen molar-refractivity contribution in [2.75, 3.05) is 5.32 Å². The van der Waals surface area contributed by atoms with Gasteiger partial charge in [-0.3, -0.25) is 4.79 Å². The average molecular weight is 467 g/mol. The number of amides is 1. The van der Waals surface area contributed by atoms with Crippen molar-refractivity contribution in [3.63, 3.8) is 0 Å². The van der Waals surface area contributed by atoms with Crippen LogP contribution in [0.5, 0.6) is 0 Å². The maximum atomic E-state index is 14.1. The van der Waals surface area contributed by atoms with Gasteiger partial charge in [0.25, 0.3) is 5.91 Å². The predicted octanol–water partition coefficient (Wildman–Crippen LogP) is 5.81. The Kier molecular flexibility index (Phi) is 5.07. The molecule has 0 aliphatic carbocycles. The van der Waals surface area contributed by atoms with E-state index in [4.69, 9.17) is 0 Å². The molecule has 0 aliphatic heterocycles. The Morgan fingerprint density at radius 2 is 1.68 bits per heavy atom. The molecule has 5 rings (SSSR count). The van der Waals surface area contributed by atoms with Crippen LogP contribution < -0.4 is 5.32 Å². The maximum Gasteiger partial charge on any atom is 0.435 e. The molecule has 0 fully saturated rings. The molecular formula is C24H17F4N5O. The molecule has 1 N–H and O–H groups in total. The maximum absolute atomic E-state index is 14.1. The van der Waals surface area contributed by atoms with E-state index in [0.29, 0.717) is 10.4 Å². The van der Waals surface area contributed by atoms with Crippen molar-refractivity contribution in [3.05, 3.63) is 83.9 Å². The van der Waals surface area contributed by atoms with Gasteiger partial charge in [0.2, 0.25) is 0 Å². The summed E-state index contributed by atoms with van der Waals surface area (Å²) in [7, 11) is 0. The number of nitrogens with one attached hydrogen (secondary N) is 1. The molecule has 0 aliphatic rings. The van der Waals surface area contributed by atoms with Gasteiger partial charge in [-0.1, -0.05) is 35.5 Å². The van der Waals surface area contributed by atoms with E-state index in [9.17, 15) is 22.4 Å². The average Bonchev–Trinajstić information content (AvgIpc) is 3.39. The molecule has 5 aromatic rings. The van der Waals surface area contributed by atoms with Crippen LogP contribution in [0.15, 0.2) is 66.7 Å². The van der Waals surface area contributed by atoms with Crippen molar-refractivity contribution in [2.24, 2.45) is 0 Å². The molecule has 0 radical (unpaired) electrons. The first-order valence-corrected chi connectivity index (χ1v) is 10.4. The van der Waals surface area contributed by atoms with Crippen molar-refractivity contribution >= 4 is 33.4 Å². The van der Waals surface area contributed by atoms with E-state index in [-0.39, 0.29) is 0 Å². The van der Waals surface area contributed by atoms with E-state index in [1.807, 2.05) is 31.2 Å². The number of hydrogen-bond acceptors (Lipinski definition) is 3. The number of carbonyl (C=O) groups excluding carboxylic acids is 1. The van der Waals surface area contributed by atoms with Crippen molar-refractivity contribution < 1.29 is 22.4 Å². The number of carbonyl (C=O) groups is 1. The summed E-state index contributed by atoms with van der Waals surface area (Å²) in [5.41, 5.74) is -0.635. The van der Waals surface area contributed by atoms with Crippen LogP contribution in [0, 0.1) is 5.82 Å². The molecule has 1 amide bonds. The van der Waals surface area contributed by atoms with Crippen LogP contribution in [0.4, 0.5) is 23.2 Å². The van der Waals surface area contributed by atoms with Gasteiger partial charge in [0, 0.05) is 34.0 Å². The lowest BCUT2D eigenvalue weighted by atomic mass is 10.1. The van der Waals surface area contributed by atoms with Crippen LogP contribution in [-0.4, -0.2) is 25.5 Å². The highest BCUT2D eigenvalue weighted by atomic mass is 19.4. The Morgan fingerprint density at radius 1 is 0.971 bits per heavy atom. The monoisotopic (exact) mass is 467 g/mol. The van der Waals surface area contributed by atoms with E-state index < -0.39 is 35.0 Å². The number of alkyl halides is 3. The van der Waals surface area contributed by atoms with Crippen molar-refractivity contribution in [1.29, 1.82) is 0 Å². The molecular weight excluding hydrogens is 450 g/mol. The molecule has 2 aromatic heterocycles. The minimum absolute atomic E-state index is 0.294. The zero-order valence-electron chi connectivity index (χ0n) is 17.8. The quantitative estimate of drug-likeness (QED) is 0.340. The second kappa shape index (κ2) is 7.98. The number of benzene rings is 3. The molecule has 0 saturated heterocycles. The summed E-state index contributed by atoms with van der Waals surface area (Å²) in [5.74, 6) is -2.03. The molecule has 2 heterocycles. The van der Waals surface area contributed by atoms with Gasteiger partial charge < -0.3 is 9.88 Å². The van der Waals surface area contributed by atoms with Crippen molar-refractivity contribution in [2.45, 2.75) is 19.6 Å². The minimum atomic E-state index is -5.00. The van der Waals surface area contributed by atoms with E-state index in [1.165, 1.54) is 12.1 Å². The molecule has 0 spiro atoms. The van der Waals surface area contributed by atoms with Crippen molar-refractivity contribution in [3.8, 4) is 5.69 Å². The lowest BCUT2D eigenvalue weighted by Crippen LogP contribution is -2.21. The van der Waals surface area contributed by atoms with Gasteiger partial charge in [-0.15, -0.1) is 5.10 Å². The minimum Gasteiger partial charge on any atom is -0.341 e. The Labute approximate surface area is 190 Å². The van der Waals surface area contributed by atoms with Gasteiger partial charge in [0.1, 0.15) is 11.5 Å². The van der Waals surface area contributed by atoms with E-state index >= 15 is 0 Å². The highest BCUT2D eigenvalue weighted by molar-refractivity contribution is 6.11. The SMILES string of the molecule is CCn1c2ccccc2c2cc(NC(=O)c3nnn(-c4ccccc4F)c3C(F)(F)F)ccc21. The first-order valence-electron chi connectivity index (χ1n) is 10.4. The first kappa shape index (κ1) is 21.6. The predicted molar refractivity (Wildman–Crippen MR) is 119 cm³/mol. The van der Waals surface area contributed by atoms with Crippen LogP contribution in [0.3, 0.4) is 0 Å². The highest BCUT2D eigenvalue weighted by Gasteiger charge is 2.42. The summed E-state index contributed by atoms with van der Waals surface area (Å²) in [4.78, 5) is 12.8. The van der Waals surface area contributed by atoms with E-state index in [2.05, 4.69) is 20.2 Å². The summed E-state index contributed by atoms with van der Waals surface area (Å²) in [6.45, 7) is 2.74. The summed E-state index contributed by atoms with van der Waals surface area (Å²) < 4.78 is 58.2. The number of rotatable bonds is 4. The Bertz CT molecular complexity index is 1550. The van der Waals surface area contributed by atoms with Gasteiger partial charge in [0.05, 0.1) is 0 Å². The molecule has 3 aromatic carbocycles. The highest BCUT2D eigenvalue weighted by Crippen LogP contribution is 2.34. The third-order valence-corrected chi connectivity index (χ3v) is 5.58. The standard InChI is InChI=1S/C24H17F4N5O/c1-2-32-18-9-5-3-7-15(18)16-13-14(11-12-19(16)32)29-23(34)21-22(24(26,27)28)33(31-30-21)20-10-6-4-8-17(20)25/h3-13H,2H2,1H3,(H,29,34). The number of fused-ring (bicyclic) bond motifs is 3. The van der Waals surface area contributed by atoms with Gasteiger partial charge in [-0.2, -0.15) is 13.2 Å². The second-order valence-corrected chi connectivity index (χ2v) is 7.60. The number of hydrogen-bond donors (Lipinski definition) is 1.